The summed E-state index contributed by atoms with van der Waals surface area (Å²) in [4.78, 5) is 0. The molecule has 0 saturated carbocycles. The number of fused-ring (bicyclic) bond motifs is 1. The fraction of sp³-hybridized carbons (Fsp3) is 0.294. The summed E-state index contributed by atoms with van der Waals surface area (Å²) in [5, 5.41) is 4.14. The number of hydrogen-bond acceptors (Lipinski definition) is 3. The molecular weight excluding hydrogens is 366 g/mol. The highest BCUT2D eigenvalue weighted by atomic mass is 79.9. The van der Waals surface area contributed by atoms with Gasteiger partial charge in [0.1, 0.15) is 11.5 Å². The van der Waals surface area contributed by atoms with Crippen molar-refractivity contribution < 1.29 is 9.47 Å². The number of benzene rings is 2. The summed E-state index contributed by atoms with van der Waals surface area (Å²) in [6, 6.07) is 9.91. The van der Waals surface area contributed by atoms with Gasteiger partial charge in [0.05, 0.1) is 13.7 Å². The molecule has 0 aromatic heterocycles. The van der Waals surface area contributed by atoms with Crippen molar-refractivity contribution in [1.82, 2.24) is 5.32 Å². The van der Waals surface area contributed by atoms with Gasteiger partial charge in [0, 0.05) is 40.1 Å². The van der Waals surface area contributed by atoms with E-state index in [1.165, 1.54) is 5.56 Å². The van der Waals surface area contributed by atoms with Crippen LogP contribution in [0.5, 0.6) is 11.5 Å². The van der Waals surface area contributed by atoms with Gasteiger partial charge in [0.2, 0.25) is 0 Å². The Hall–Kier alpha value is -1.23. The van der Waals surface area contributed by atoms with Crippen LogP contribution >= 0.6 is 27.5 Å². The van der Waals surface area contributed by atoms with Crippen LogP contribution in [0.3, 0.4) is 0 Å². The summed E-state index contributed by atoms with van der Waals surface area (Å²) < 4.78 is 12.2. The first kappa shape index (κ1) is 15.7. The van der Waals surface area contributed by atoms with Gasteiger partial charge in [-0.3, -0.25) is 0 Å². The quantitative estimate of drug-likeness (QED) is 0.834. The lowest BCUT2D eigenvalue weighted by atomic mass is 10.1. The molecule has 3 nitrogen and oxygen atoms in total. The van der Waals surface area contributed by atoms with Gasteiger partial charge in [0.15, 0.2) is 0 Å². The third-order valence-corrected chi connectivity index (χ3v) is 4.55. The van der Waals surface area contributed by atoms with Crippen LogP contribution in [0.15, 0.2) is 34.8 Å². The normalized spacial score (nSPS) is 12.9. The monoisotopic (exact) mass is 381 g/mol. The van der Waals surface area contributed by atoms with Crippen LogP contribution in [0.1, 0.15) is 16.7 Å². The molecule has 22 heavy (non-hydrogen) atoms. The number of nitrogens with one attached hydrogen (secondary N) is 1. The molecule has 0 radical (unpaired) electrons. The van der Waals surface area contributed by atoms with Crippen molar-refractivity contribution in [3.05, 3.63) is 56.5 Å². The molecule has 0 bridgehead atoms. The lowest BCUT2D eigenvalue weighted by Gasteiger charge is -2.13. The molecule has 1 N–H and O–H groups in total. The van der Waals surface area contributed by atoms with Crippen molar-refractivity contribution in [3.8, 4) is 11.5 Å². The summed E-state index contributed by atoms with van der Waals surface area (Å²) >= 11 is 9.82. The molecule has 2 aromatic rings. The van der Waals surface area contributed by atoms with Crippen molar-refractivity contribution in [2.75, 3.05) is 13.7 Å². The molecule has 116 valence electrons. The summed E-state index contributed by atoms with van der Waals surface area (Å²) in [5.41, 5.74) is 3.40. The highest BCUT2D eigenvalue weighted by Gasteiger charge is 2.17. The second-order valence-electron chi connectivity index (χ2n) is 5.18. The van der Waals surface area contributed by atoms with E-state index in [0.717, 1.165) is 46.7 Å². The van der Waals surface area contributed by atoms with Gasteiger partial charge in [-0.25, -0.2) is 0 Å². The number of hydrogen-bond donors (Lipinski definition) is 1. The van der Waals surface area contributed by atoms with Crippen LogP contribution < -0.4 is 14.8 Å². The average molecular weight is 383 g/mol. The van der Waals surface area contributed by atoms with Gasteiger partial charge < -0.3 is 14.8 Å². The van der Waals surface area contributed by atoms with Crippen LogP contribution in [0.25, 0.3) is 0 Å². The minimum absolute atomic E-state index is 0.643. The Bertz CT molecular complexity index is 691. The maximum absolute atomic E-state index is 6.26. The van der Waals surface area contributed by atoms with Crippen molar-refractivity contribution >= 4 is 27.5 Å². The Kier molecular flexibility index (Phi) is 4.91. The van der Waals surface area contributed by atoms with E-state index in [9.17, 15) is 0 Å². The molecule has 0 aliphatic carbocycles. The van der Waals surface area contributed by atoms with E-state index < -0.39 is 0 Å². The van der Waals surface area contributed by atoms with Gasteiger partial charge in [-0.05, 0) is 29.8 Å². The first-order chi connectivity index (χ1) is 10.7. The molecule has 3 rings (SSSR count). The van der Waals surface area contributed by atoms with Crippen molar-refractivity contribution in [2.45, 2.75) is 19.5 Å². The van der Waals surface area contributed by atoms with Crippen molar-refractivity contribution in [2.24, 2.45) is 0 Å². The number of ether oxygens (including phenoxy) is 2. The smallest absolute Gasteiger partial charge is 0.127 e. The summed E-state index contributed by atoms with van der Waals surface area (Å²) in [6.45, 7) is 2.12. The first-order valence-corrected chi connectivity index (χ1v) is 8.32. The molecule has 1 aliphatic rings. The van der Waals surface area contributed by atoms with Crippen LogP contribution in [0.4, 0.5) is 0 Å². The maximum Gasteiger partial charge on any atom is 0.127 e. The van der Waals surface area contributed by atoms with E-state index in [4.69, 9.17) is 21.1 Å². The highest BCUT2D eigenvalue weighted by molar-refractivity contribution is 9.10. The third-order valence-electron chi connectivity index (χ3n) is 3.74. The van der Waals surface area contributed by atoms with Gasteiger partial charge in [0.25, 0.3) is 0 Å². The molecule has 0 fully saturated rings. The zero-order valence-electron chi connectivity index (χ0n) is 12.3. The molecule has 0 unspecified atom stereocenters. The Balaban J connectivity index is 1.72. The van der Waals surface area contributed by atoms with Crippen LogP contribution in [-0.4, -0.2) is 13.7 Å². The molecule has 1 aliphatic heterocycles. The predicted molar refractivity (Wildman–Crippen MR) is 91.9 cm³/mol. The number of halogens is 2. The fourth-order valence-electron chi connectivity index (χ4n) is 2.70. The number of methoxy groups -OCH3 is 1. The molecule has 0 amide bonds. The molecule has 1 heterocycles. The van der Waals surface area contributed by atoms with E-state index in [2.05, 4.69) is 33.4 Å². The summed E-state index contributed by atoms with van der Waals surface area (Å²) in [7, 11) is 1.66. The maximum atomic E-state index is 6.26. The minimum atomic E-state index is 0.643. The van der Waals surface area contributed by atoms with Crippen LogP contribution in [0, 0.1) is 0 Å². The Labute approximate surface area is 143 Å². The molecule has 2 aromatic carbocycles. The summed E-state index contributed by atoms with van der Waals surface area (Å²) in [6.07, 6.45) is 0.972. The molecule has 0 atom stereocenters. The molecule has 5 heteroatoms. The Morgan fingerprint density at radius 3 is 3.00 bits per heavy atom. The van der Waals surface area contributed by atoms with E-state index in [-0.39, 0.29) is 0 Å². The minimum Gasteiger partial charge on any atom is -0.496 e. The average Bonchev–Trinajstić information content (AvgIpc) is 2.96. The largest absolute Gasteiger partial charge is 0.496 e. The zero-order chi connectivity index (χ0) is 15.5. The van der Waals surface area contributed by atoms with Gasteiger partial charge in [-0.2, -0.15) is 0 Å². The van der Waals surface area contributed by atoms with Crippen LogP contribution in [0.2, 0.25) is 5.02 Å². The number of rotatable bonds is 5. The first-order valence-electron chi connectivity index (χ1n) is 7.15. The predicted octanol–water partition coefficient (Wildman–Crippen LogP) is 4.34. The van der Waals surface area contributed by atoms with Crippen LogP contribution in [-0.2, 0) is 19.5 Å². The Morgan fingerprint density at radius 1 is 1.32 bits per heavy atom. The highest BCUT2D eigenvalue weighted by Crippen LogP contribution is 2.33. The standard InChI is InChI=1S/C17H17BrClNO2/c1-21-16-4-2-3-15(19)14(16)10-20-9-12-8-13(18)7-11-5-6-22-17(11)12/h2-4,7-8,20H,5-6,9-10H2,1H3. The second-order valence-corrected chi connectivity index (χ2v) is 6.50. The molecule has 0 saturated heterocycles. The van der Waals surface area contributed by atoms with E-state index >= 15 is 0 Å². The topological polar surface area (TPSA) is 30.5 Å². The van der Waals surface area contributed by atoms with E-state index in [1.807, 2.05) is 18.2 Å². The van der Waals surface area contributed by atoms with E-state index in [0.29, 0.717) is 11.6 Å². The van der Waals surface area contributed by atoms with Gasteiger partial charge in [-0.15, -0.1) is 0 Å². The third kappa shape index (κ3) is 3.24. The van der Waals surface area contributed by atoms with Gasteiger partial charge >= 0.3 is 0 Å². The fourth-order valence-corrected chi connectivity index (χ4v) is 3.49. The lowest BCUT2D eigenvalue weighted by molar-refractivity contribution is 0.352. The van der Waals surface area contributed by atoms with E-state index in [1.54, 1.807) is 7.11 Å². The summed E-state index contributed by atoms with van der Waals surface area (Å²) in [5.74, 6) is 1.82. The van der Waals surface area contributed by atoms with Gasteiger partial charge in [-0.1, -0.05) is 33.6 Å². The lowest BCUT2D eigenvalue weighted by Crippen LogP contribution is -2.14. The second kappa shape index (κ2) is 6.90. The SMILES string of the molecule is COc1cccc(Cl)c1CNCc1cc(Br)cc2c1OCC2. The zero-order valence-corrected chi connectivity index (χ0v) is 14.6. The molecular formula is C17H17BrClNO2. The van der Waals surface area contributed by atoms with Crippen molar-refractivity contribution in [3.63, 3.8) is 0 Å². The Morgan fingerprint density at radius 2 is 2.18 bits per heavy atom. The van der Waals surface area contributed by atoms with Crippen molar-refractivity contribution in [1.29, 1.82) is 0 Å². The molecule has 0 spiro atoms.